The number of carbonyl (C=O) groups excluding carboxylic acids is 2. The van der Waals surface area contributed by atoms with E-state index in [-0.39, 0.29) is 24.2 Å². The van der Waals surface area contributed by atoms with Gasteiger partial charge in [-0.1, -0.05) is 16.8 Å². The summed E-state index contributed by atoms with van der Waals surface area (Å²) in [7, 11) is 0. The van der Waals surface area contributed by atoms with E-state index in [1.165, 1.54) is 12.1 Å². The average molecular weight is 414 g/mol. The molecule has 8 heteroatoms. The van der Waals surface area contributed by atoms with Gasteiger partial charge in [0, 0.05) is 28.3 Å². The van der Waals surface area contributed by atoms with Crippen LogP contribution in [0.2, 0.25) is 5.02 Å². The van der Waals surface area contributed by atoms with Gasteiger partial charge in [-0.2, -0.15) is 0 Å². The zero-order chi connectivity index (χ0) is 20.4. The van der Waals surface area contributed by atoms with Crippen LogP contribution in [0.3, 0.4) is 0 Å². The molecule has 0 saturated heterocycles. The van der Waals surface area contributed by atoms with Crippen LogP contribution in [0.1, 0.15) is 21.6 Å². The maximum absolute atomic E-state index is 13.1. The van der Waals surface area contributed by atoms with Crippen LogP contribution in [0.5, 0.6) is 0 Å². The van der Waals surface area contributed by atoms with Gasteiger partial charge in [0.05, 0.1) is 13.1 Å². The average Bonchev–Trinajstić information content (AvgIpc) is 3.16. The molecule has 0 atom stereocenters. The second-order valence-electron chi connectivity index (χ2n) is 6.70. The zero-order valence-corrected chi connectivity index (χ0v) is 16.1. The lowest BCUT2D eigenvalue weighted by atomic mass is 10.0. The number of benzene rings is 2. The van der Waals surface area contributed by atoms with Crippen LogP contribution in [0, 0.1) is 5.82 Å². The lowest BCUT2D eigenvalue weighted by Gasteiger charge is -2.26. The number of rotatable bonds is 4. The number of fused-ring (bicyclic) bond motifs is 1. The van der Waals surface area contributed by atoms with Gasteiger partial charge in [-0.25, -0.2) is 4.39 Å². The Morgan fingerprint density at radius 1 is 1.14 bits per heavy atom. The van der Waals surface area contributed by atoms with E-state index in [1.54, 1.807) is 41.3 Å². The Labute approximate surface area is 171 Å². The molecule has 0 fully saturated rings. The van der Waals surface area contributed by atoms with Gasteiger partial charge in [0.1, 0.15) is 11.5 Å². The molecule has 0 unspecified atom stereocenters. The molecule has 2 aromatic carbocycles. The zero-order valence-electron chi connectivity index (χ0n) is 15.3. The topological polar surface area (TPSA) is 75.4 Å². The van der Waals surface area contributed by atoms with Crippen molar-refractivity contribution in [3.8, 4) is 11.3 Å². The van der Waals surface area contributed by atoms with Crippen molar-refractivity contribution < 1.29 is 18.5 Å². The van der Waals surface area contributed by atoms with Gasteiger partial charge in [-0.15, -0.1) is 0 Å². The summed E-state index contributed by atoms with van der Waals surface area (Å²) in [6, 6.07) is 12.4. The molecule has 3 aromatic rings. The third-order valence-corrected chi connectivity index (χ3v) is 5.06. The van der Waals surface area contributed by atoms with Crippen molar-refractivity contribution in [3.05, 3.63) is 76.2 Å². The van der Waals surface area contributed by atoms with Crippen molar-refractivity contribution in [3.63, 3.8) is 0 Å². The number of aromatic nitrogens is 1. The van der Waals surface area contributed by atoms with Gasteiger partial charge in [0.25, 0.3) is 5.91 Å². The highest BCUT2D eigenvalue weighted by molar-refractivity contribution is 6.30. The van der Waals surface area contributed by atoms with Crippen LogP contribution in [-0.4, -0.2) is 35.0 Å². The van der Waals surface area contributed by atoms with Gasteiger partial charge >= 0.3 is 0 Å². The Kier molecular flexibility index (Phi) is 5.31. The number of nitrogens with zero attached hydrogens (tertiary/aromatic N) is 2. The number of carbonyl (C=O) groups is 2. The van der Waals surface area contributed by atoms with E-state index < -0.39 is 0 Å². The fourth-order valence-electron chi connectivity index (χ4n) is 3.24. The molecule has 1 N–H and O–H groups in total. The van der Waals surface area contributed by atoms with E-state index in [4.69, 9.17) is 16.1 Å². The largest absolute Gasteiger partial charge is 0.356 e. The minimum Gasteiger partial charge on any atom is -0.356 e. The van der Waals surface area contributed by atoms with E-state index in [9.17, 15) is 14.0 Å². The SMILES string of the molecule is O=C(NCC(=O)N1CCc2c(noc2-c2ccc(F)cc2)C1)c1ccc(Cl)cc1. The van der Waals surface area contributed by atoms with Crippen LogP contribution >= 0.6 is 11.6 Å². The molecule has 1 aliphatic rings. The lowest BCUT2D eigenvalue weighted by Crippen LogP contribution is -2.42. The molecule has 1 aromatic heterocycles. The summed E-state index contributed by atoms with van der Waals surface area (Å²) in [6.45, 7) is 0.674. The molecule has 4 rings (SSSR count). The number of hydrogen-bond donors (Lipinski definition) is 1. The molecule has 29 heavy (non-hydrogen) atoms. The van der Waals surface area contributed by atoms with Crippen molar-refractivity contribution >= 4 is 23.4 Å². The quantitative estimate of drug-likeness (QED) is 0.710. The molecule has 0 radical (unpaired) electrons. The first-order valence-electron chi connectivity index (χ1n) is 9.06. The molecule has 2 heterocycles. The molecule has 1 aliphatic heterocycles. The normalized spacial score (nSPS) is 13.1. The molecule has 0 saturated carbocycles. The van der Waals surface area contributed by atoms with Crippen molar-refractivity contribution in [2.75, 3.05) is 13.1 Å². The number of hydrogen-bond acceptors (Lipinski definition) is 4. The van der Waals surface area contributed by atoms with Crippen molar-refractivity contribution in [2.24, 2.45) is 0 Å². The minimum atomic E-state index is -0.340. The standard InChI is InChI=1S/C21H17ClFN3O3/c22-15-5-1-14(2-6-15)21(28)24-11-19(27)26-10-9-17-18(12-26)25-29-20(17)13-3-7-16(23)8-4-13/h1-8H,9-12H2,(H,24,28). The number of nitrogens with one attached hydrogen (secondary N) is 1. The summed E-state index contributed by atoms with van der Waals surface area (Å²) in [5, 5.41) is 7.24. The Morgan fingerprint density at radius 3 is 2.59 bits per heavy atom. The van der Waals surface area contributed by atoms with Crippen LogP contribution in [0.15, 0.2) is 53.1 Å². The van der Waals surface area contributed by atoms with Gasteiger partial charge in [0.15, 0.2) is 5.76 Å². The molecule has 6 nitrogen and oxygen atoms in total. The summed E-state index contributed by atoms with van der Waals surface area (Å²) < 4.78 is 18.6. The Morgan fingerprint density at radius 2 is 1.86 bits per heavy atom. The van der Waals surface area contributed by atoms with Crippen LogP contribution < -0.4 is 5.32 Å². The monoisotopic (exact) mass is 413 g/mol. The molecule has 2 amide bonds. The third-order valence-electron chi connectivity index (χ3n) is 4.81. The van der Waals surface area contributed by atoms with E-state index in [1.807, 2.05) is 0 Å². The first-order chi connectivity index (χ1) is 14.0. The maximum Gasteiger partial charge on any atom is 0.251 e. The van der Waals surface area contributed by atoms with Gasteiger partial charge in [-0.05, 0) is 55.0 Å². The molecule has 0 bridgehead atoms. The predicted molar refractivity (Wildman–Crippen MR) is 105 cm³/mol. The van der Waals surface area contributed by atoms with Gasteiger partial charge < -0.3 is 14.7 Å². The van der Waals surface area contributed by atoms with Crippen molar-refractivity contribution in [1.82, 2.24) is 15.4 Å². The number of amides is 2. The molecular weight excluding hydrogens is 397 g/mol. The van der Waals surface area contributed by atoms with Crippen molar-refractivity contribution in [2.45, 2.75) is 13.0 Å². The summed E-state index contributed by atoms with van der Waals surface area (Å²) >= 11 is 5.81. The molecule has 0 aliphatic carbocycles. The summed E-state index contributed by atoms with van der Waals surface area (Å²) in [6.07, 6.45) is 0.572. The highest BCUT2D eigenvalue weighted by Crippen LogP contribution is 2.30. The molecular formula is C21H17ClFN3O3. The molecule has 148 valence electrons. The highest BCUT2D eigenvalue weighted by Gasteiger charge is 2.27. The van der Waals surface area contributed by atoms with E-state index in [0.717, 1.165) is 11.1 Å². The first-order valence-corrected chi connectivity index (χ1v) is 9.44. The van der Waals surface area contributed by atoms with E-state index in [0.29, 0.717) is 41.6 Å². The minimum absolute atomic E-state index is 0.112. The summed E-state index contributed by atoms with van der Waals surface area (Å²) in [5.41, 5.74) is 2.78. The third kappa shape index (κ3) is 4.14. The van der Waals surface area contributed by atoms with Crippen LogP contribution in [-0.2, 0) is 17.8 Å². The Bertz CT molecular complexity index is 1050. The fourth-order valence-corrected chi connectivity index (χ4v) is 3.37. The second kappa shape index (κ2) is 8.05. The lowest BCUT2D eigenvalue weighted by molar-refractivity contribution is -0.131. The van der Waals surface area contributed by atoms with Crippen LogP contribution in [0.25, 0.3) is 11.3 Å². The number of halogens is 2. The second-order valence-corrected chi connectivity index (χ2v) is 7.14. The smallest absolute Gasteiger partial charge is 0.251 e. The highest BCUT2D eigenvalue weighted by atomic mass is 35.5. The molecule has 0 spiro atoms. The van der Waals surface area contributed by atoms with Gasteiger partial charge in [-0.3, -0.25) is 9.59 Å². The van der Waals surface area contributed by atoms with Gasteiger partial charge in [0.2, 0.25) is 5.91 Å². The fraction of sp³-hybridized carbons (Fsp3) is 0.190. The summed E-state index contributed by atoms with van der Waals surface area (Å²) in [5.74, 6) is -0.264. The maximum atomic E-state index is 13.1. The first kappa shape index (κ1) is 19.1. The predicted octanol–water partition coefficient (Wildman–Crippen LogP) is 3.45. The van der Waals surface area contributed by atoms with E-state index in [2.05, 4.69) is 10.5 Å². The van der Waals surface area contributed by atoms with Crippen LogP contribution in [0.4, 0.5) is 4.39 Å². The van der Waals surface area contributed by atoms with E-state index >= 15 is 0 Å². The summed E-state index contributed by atoms with van der Waals surface area (Å²) in [4.78, 5) is 26.3. The Hall–Kier alpha value is -3.19. The Balaban J connectivity index is 1.38. The van der Waals surface area contributed by atoms with Crippen molar-refractivity contribution in [1.29, 1.82) is 0 Å².